The van der Waals surface area contributed by atoms with Crippen LogP contribution in [0.1, 0.15) is 34.2 Å². The number of fused-ring (bicyclic) bond motifs is 6. The largest absolute Gasteiger partial charge is 0.465 e. The molecule has 24 heavy (non-hydrogen) atoms. The Morgan fingerprint density at radius 2 is 1.42 bits per heavy atom. The minimum Gasteiger partial charge on any atom is -0.465 e. The summed E-state index contributed by atoms with van der Waals surface area (Å²) < 4.78 is 5.80. The van der Waals surface area contributed by atoms with Gasteiger partial charge in [0.05, 0.1) is 6.26 Å². The molecule has 0 aliphatic carbocycles. The van der Waals surface area contributed by atoms with Crippen LogP contribution in [0.4, 0.5) is 11.4 Å². The molecule has 0 N–H and O–H groups in total. The van der Waals surface area contributed by atoms with Crippen molar-refractivity contribution >= 4 is 11.4 Å². The van der Waals surface area contributed by atoms with Gasteiger partial charge in [-0.15, -0.1) is 0 Å². The number of hydrogen-bond donors (Lipinski definition) is 0. The summed E-state index contributed by atoms with van der Waals surface area (Å²) >= 11 is 0. The number of rotatable bonds is 1. The summed E-state index contributed by atoms with van der Waals surface area (Å²) in [6.45, 7) is 6.15. The lowest BCUT2D eigenvalue weighted by Crippen LogP contribution is -2.48. The highest BCUT2D eigenvalue weighted by atomic mass is 16.3. The average Bonchev–Trinajstić information content (AvgIpc) is 3.08. The van der Waals surface area contributed by atoms with Crippen LogP contribution in [0.25, 0.3) is 0 Å². The molecule has 120 valence electrons. The molecular weight excluding hydrogens is 296 g/mol. The SMILES string of the molecule is Cc1ccc2c(c1)CN1c3ccc(C)cc3CN2C1c1ccco1. The van der Waals surface area contributed by atoms with E-state index in [-0.39, 0.29) is 6.17 Å². The predicted octanol–water partition coefficient (Wildman–Crippen LogP) is 4.94. The Morgan fingerprint density at radius 1 is 0.833 bits per heavy atom. The van der Waals surface area contributed by atoms with Gasteiger partial charge >= 0.3 is 0 Å². The molecule has 3 heterocycles. The molecule has 0 saturated carbocycles. The first-order valence-corrected chi connectivity index (χ1v) is 8.46. The van der Waals surface area contributed by atoms with E-state index in [4.69, 9.17) is 4.42 Å². The fourth-order valence-corrected chi connectivity index (χ4v) is 4.13. The molecule has 5 rings (SSSR count). The van der Waals surface area contributed by atoms with Gasteiger partial charge in [0, 0.05) is 24.5 Å². The highest BCUT2D eigenvalue weighted by Crippen LogP contribution is 2.47. The number of furan rings is 1. The molecule has 3 nitrogen and oxygen atoms in total. The van der Waals surface area contributed by atoms with Gasteiger partial charge in [-0.3, -0.25) is 0 Å². The molecule has 0 unspecified atom stereocenters. The molecule has 0 saturated heterocycles. The molecule has 0 atom stereocenters. The second kappa shape index (κ2) is 4.91. The molecule has 0 radical (unpaired) electrons. The smallest absolute Gasteiger partial charge is 0.162 e. The van der Waals surface area contributed by atoms with Crippen LogP contribution in [-0.4, -0.2) is 0 Å². The van der Waals surface area contributed by atoms with Crippen molar-refractivity contribution in [3.05, 3.63) is 82.8 Å². The van der Waals surface area contributed by atoms with E-state index >= 15 is 0 Å². The van der Waals surface area contributed by atoms with Crippen molar-refractivity contribution in [2.45, 2.75) is 33.1 Å². The molecule has 0 amide bonds. The zero-order valence-corrected chi connectivity index (χ0v) is 14.0. The number of nitrogens with zero attached hydrogens (tertiary/aromatic N) is 2. The van der Waals surface area contributed by atoms with Crippen LogP contribution in [-0.2, 0) is 13.1 Å². The lowest BCUT2D eigenvalue weighted by molar-refractivity contribution is 0.411. The van der Waals surface area contributed by atoms with Crippen molar-refractivity contribution in [3.8, 4) is 0 Å². The van der Waals surface area contributed by atoms with Gasteiger partial charge in [0.1, 0.15) is 5.76 Å². The van der Waals surface area contributed by atoms with E-state index in [9.17, 15) is 0 Å². The fraction of sp³-hybridized carbons (Fsp3) is 0.238. The Morgan fingerprint density at radius 3 is 1.92 bits per heavy atom. The van der Waals surface area contributed by atoms with Gasteiger partial charge in [-0.05, 0) is 49.2 Å². The Balaban J connectivity index is 1.72. The van der Waals surface area contributed by atoms with Crippen LogP contribution < -0.4 is 9.80 Å². The fourth-order valence-electron chi connectivity index (χ4n) is 4.13. The van der Waals surface area contributed by atoms with Crippen molar-refractivity contribution in [3.63, 3.8) is 0 Å². The number of benzene rings is 2. The number of aryl methyl sites for hydroxylation is 2. The van der Waals surface area contributed by atoms with Gasteiger partial charge in [0.25, 0.3) is 0 Å². The summed E-state index contributed by atoms with van der Waals surface area (Å²) in [7, 11) is 0. The first kappa shape index (κ1) is 13.7. The van der Waals surface area contributed by atoms with Gasteiger partial charge in [0.15, 0.2) is 6.17 Å². The van der Waals surface area contributed by atoms with Gasteiger partial charge in [-0.25, -0.2) is 0 Å². The molecule has 2 aliphatic rings. The van der Waals surface area contributed by atoms with Gasteiger partial charge in [-0.2, -0.15) is 0 Å². The molecule has 2 aromatic carbocycles. The van der Waals surface area contributed by atoms with E-state index < -0.39 is 0 Å². The second-order valence-corrected chi connectivity index (χ2v) is 6.91. The average molecular weight is 316 g/mol. The quantitative estimate of drug-likeness (QED) is 0.634. The molecule has 2 aliphatic heterocycles. The Hall–Kier alpha value is -2.68. The summed E-state index contributed by atoms with van der Waals surface area (Å²) in [6.07, 6.45) is 1.90. The maximum atomic E-state index is 5.80. The maximum absolute atomic E-state index is 5.80. The van der Waals surface area contributed by atoms with Crippen LogP contribution in [0.2, 0.25) is 0 Å². The van der Waals surface area contributed by atoms with Crippen molar-refractivity contribution in [2.24, 2.45) is 0 Å². The van der Waals surface area contributed by atoms with Crippen molar-refractivity contribution in [1.82, 2.24) is 0 Å². The van der Waals surface area contributed by atoms with Gasteiger partial charge in [0.2, 0.25) is 0 Å². The summed E-state index contributed by atoms with van der Waals surface area (Å²) in [5, 5.41) is 0. The zero-order chi connectivity index (χ0) is 16.3. The summed E-state index contributed by atoms with van der Waals surface area (Å²) in [4.78, 5) is 4.94. The molecule has 0 spiro atoms. The first-order valence-electron chi connectivity index (χ1n) is 8.46. The van der Waals surface area contributed by atoms with Crippen molar-refractivity contribution in [2.75, 3.05) is 9.80 Å². The molecule has 2 bridgehead atoms. The summed E-state index contributed by atoms with van der Waals surface area (Å²) in [6, 6.07) is 17.6. The van der Waals surface area contributed by atoms with Crippen LogP contribution >= 0.6 is 0 Å². The minimum absolute atomic E-state index is 0.130. The standard InChI is InChI=1S/C21H20N2O/c1-14-5-7-18-16(10-14)12-22-19-8-6-15(2)11-17(19)13-23(18)21(22)20-4-3-9-24-20/h3-11,21H,12-13H2,1-2H3. The summed E-state index contributed by atoms with van der Waals surface area (Å²) in [5.41, 5.74) is 8.06. The van der Waals surface area contributed by atoms with Gasteiger partial charge < -0.3 is 14.2 Å². The van der Waals surface area contributed by atoms with E-state index in [1.807, 2.05) is 6.07 Å². The van der Waals surface area contributed by atoms with E-state index in [1.165, 1.54) is 33.6 Å². The molecule has 3 heteroatoms. The van der Waals surface area contributed by atoms with Crippen LogP contribution in [0, 0.1) is 13.8 Å². The maximum Gasteiger partial charge on any atom is 0.162 e. The lowest BCUT2D eigenvalue weighted by Gasteiger charge is -2.50. The zero-order valence-electron chi connectivity index (χ0n) is 14.0. The topological polar surface area (TPSA) is 19.6 Å². The van der Waals surface area contributed by atoms with Crippen LogP contribution in [0.3, 0.4) is 0 Å². The molecule has 3 aromatic rings. The molecule has 0 fully saturated rings. The van der Waals surface area contributed by atoms with E-state index in [0.29, 0.717) is 0 Å². The van der Waals surface area contributed by atoms with E-state index in [0.717, 1.165) is 18.8 Å². The minimum atomic E-state index is 0.130. The second-order valence-electron chi connectivity index (χ2n) is 6.91. The van der Waals surface area contributed by atoms with E-state index in [1.54, 1.807) is 6.26 Å². The highest BCUT2D eigenvalue weighted by molar-refractivity contribution is 5.70. The third kappa shape index (κ3) is 1.91. The van der Waals surface area contributed by atoms with E-state index in [2.05, 4.69) is 66.1 Å². The Bertz CT molecular complexity index is 854. The lowest BCUT2D eigenvalue weighted by atomic mass is 9.95. The predicted molar refractivity (Wildman–Crippen MR) is 96.2 cm³/mol. The normalized spacial score (nSPS) is 16.1. The van der Waals surface area contributed by atoms with Crippen molar-refractivity contribution < 1.29 is 4.42 Å². The third-order valence-electron chi connectivity index (χ3n) is 5.16. The molecule has 1 aromatic heterocycles. The van der Waals surface area contributed by atoms with Crippen LogP contribution in [0.15, 0.2) is 59.2 Å². The Kier molecular flexibility index (Phi) is 2.81. The van der Waals surface area contributed by atoms with Crippen molar-refractivity contribution in [1.29, 1.82) is 0 Å². The third-order valence-corrected chi connectivity index (χ3v) is 5.16. The Labute approximate surface area is 142 Å². The summed E-state index contributed by atoms with van der Waals surface area (Å²) in [5.74, 6) is 1.01. The highest BCUT2D eigenvalue weighted by Gasteiger charge is 2.39. The number of anilines is 2. The first-order chi connectivity index (χ1) is 11.7. The number of hydrogen-bond acceptors (Lipinski definition) is 3. The van der Waals surface area contributed by atoms with Crippen LogP contribution in [0.5, 0.6) is 0 Å². The monoisotopic (exact) mass is 316 g/mol. The van der Waals surface area contributed by atoms with Gasteiger partial charge in [-0.1, -0.05) is 35.4 Å². The molecular formula is C21H20N2O.